The number of hydrogen-bond acceptors (Lipinski definition) is 7. The molecule has 1 saturated heterocycles. The van der Waals surface area contributed by atoms with Crippen LogP contribution in [0.15, 0.2) is 53.8 Å². The second-order valence-electron chi connectivity index (χ2n) is 10.3. The smallest absolute Gasteiger partial charge is 0.303 e. The number of carbonyl (C=O) groups is 1. The van der Waals surface area contributed by atoms with Crippen LogP contribution in [0.4, 0.5) is 10.1 Å². The first kappa shape index (κ1) is 28.1. The van der Waals surface area contributed by atoms with Crippen molar-refractivity contribution in [1.29, 1.82) is 0 Å². The van der Waals surface area contributed by atoms with E-state index >= 15 is 4.39 Å². The lowest BCUT2D eigenvalue weighted by Gasteiger charge is -2.41. The van der Waals surface area contributed by atoms with Crippen LogP contribution in [0.1, 0.15) is 43.8 Å². The zero-order valence-corrected chi connectivity index (χ0v) is 23.2. The van der Waals surface area contributed by atoms with Crippen molar-refractivity contribution in [2.75, 3.05) is 51.5 Å². The van der Waals surface area contributed by atoms with Crippen molar-refractivity contribution < 1.29 is 19.0 Å². The minimum atomic E-state index is -1.25. The average Bonchev–Trinajstić information content (AvgIpc) is 2.92. The number of ether oxygens (including phenoxy) is 1. The van der Waals surface area contributed by atoms with E-state index in [0.717, 1.165) is 54.3 Å². The number of benzene rings is 1. The van der Waals surface area contributed by atoms with E-state index in [1.807, 2.05) is 55.4 Å². The molecule has 1 aromatic carbocycles. The van der Waals surface area contributed by atoms with E-state index in [4.69, 9.17) is 4.74 Å². The number of nitrogens with zero attached hydrogens (tertiary/aromatic N) is 4. The number of halogens is 1. The topological polar surface area (TPSA) is 78.8 Å². The first-order valence-electron chi connectivity index (χ1n) is 13.1. The predicted molar refractivity (Wildman–Crippen MR) is 151 cm³/mol. The van der Waals surface area contributed by atoms with E-state index in [2.05, 4.69) is 14.9 Å². The SMILES string of the molecule is COc1ccc2ncc(N(C)C)c([C@H](F)CCC3(CC(=O)O)CCN(CCSc4ccccn4)CC3)c2c1. The molecule has 204 valence electrons. The third-order valence-electron chi connectivity index (χ3n) is 7.56. The van der Waals surface area contributed by atoms with Gasteiger partial charge >= 0.3 is 5.97 Å². The molecule has 0 aliphatic carbocycles. The predicted octanol–water partition coefficient (Wildman–Crippen LogP) is 5.84. The fraction of sp³-hybridized carbons (Fsp3) is 0.483. The normalized spacial score (nSPS) is 16.3. The standard InChI is InChI=1S/C29H37FN4O3S/c1-33(2)25-20-32-24-8-7-21(37-3)18-22(24)28(25)23(30)9-10-29(19-27(35)36)11-14-34(15-12-29)16-17-38-26-6-4-5-13-31-26/h4-8,13,18,20,23H,9-12,14-17,19H2,1-3H3,(H,35,36)/t23-/m1/s1. The number of rotatable bonds is 12. The molecule has 0 amide bonds. The minimum absolute atomic E-state index is 0.0711. The highest BCUT2D eigenvalue weighted by Crippen LogP contribution is 2.44. The Kier molecular flexibility index (Phi) is 9.44. The van der Waals surface area contributed by atoms with Gasteiger partial charge in [-0.15, -0.1) is 11.8 Å². The second-order valence-corrected chi connectivity index (χ2v) is 11.4. The molecule has 1 aliphatic heterocycles. The van der Waals surface area contributed by atoms with Crippen LogP contribution in [0, 0.1) is 5.41 Å². The monoisotopic (exact) mass is 540 g/mol. The van der Waals surface area contributed by atoms with Gasteiger partial charge in [0.2, 0.25) is 0 Å². The quantitative estimate of drug-likeness (QED) is 0.287. The summed E-state index contributed by atoms with van der Waals surface area (Å²) < 4.78 is 21.5. The number of alkyl halides is 1. The number of likely N-dealkylation sites (tertiary alicyclic amines) is 1. The number of piperidine rings is 1. The van der Waals surface area contributed by atoms with Gasteiger partial charge < -0.3 is 19.6 Å². The van der Waals surface area contributed by atoms with Crippen LogP contribution >= 0.6 is 11.8 Å². The van der Waals surface area contributed by atoms with Crippen LogP contribution in [-0.4, -0.2) is 72.5 Å². The van der Waals surface area contributed by atoms with E-state index in [9.17, 15) is 9.90 Å². The van der Waals surface area contributed by atoms with Crippen LogP contribution in [0.5, 0.6) is 5.75 Å². The summed E-state index contributed by atoms with van der Waals surface area (Å²) in [6.45, 7) is 2.57. The largest absolute Gasteiger partial charge is 0.497 e. The van der Waals surface area contributed by atoms with Crippen molar-refractivity contribution in [2.24, 2.45) is 5.41 Å². The zero-order chi connectivity index (χ0) is 27.1. The van der Waals surface area contributed by atoms with Crippen LogP contribution in [-0.2, 0) is 4.79 Å². The Labute approximate surface area is 228 Å². The fourth-order valence-corrected chi connectivity index (χ4v) is 6.24. The summed E-state index contributed by atoms with van der Waals surface area (Å²) in [6.07, 6.45) is 4.64. The lowest BCUT2D eigenvalue weighted by molar-refractivity contribution is -0.141. The Morgan fingerprint density at radius 3 is 2.68 bits per heavy atom. The number of fused-ring (bicyclic) bond motifs is 1. The lowest BCUT2D eigenvalue weighted by Crippen LogP contribution is -2.42. The number of pyridine rings is 2. The Morgan fingerprint density at radius 2 is 2.03 bits per heavy atom. The van der Waals surface area contributed by atoms with Crippen molar-refractivity contribution in [2.45, 2.75) is 43.3 Å². The van der Waals surface area contributed by atoms with Gasteiger partial charge in [0.1, 0.15) is 11.9 Å². The molecule has 3 aromatic rings. The molecule has 0 saturated carbocycles. The van der Waals surface area contributed by atoms with Gasteiger partial charge in [-0.3, -0.25) is 9.78 Å². The maximum absolute atomic E-state index is 16.1. The molecule has 3 heterocycles. The molecular weight excluding hydrogens is 503 g/mol. The molecule has 1 N–H and O–H groups in total. The molecule has 7 nitrogen and oxygen atoms in total. The van der Waals surface area contributed by atoms with Gasteiger partial charge in [0, 0.05) is 43.5 Å². The third kappa shape index (κ3) is 6.94. The molecular formula is C29H37FN4O3S. The molecule has 2 aromatic heterocycles. The molecule has 1 aliphatic rings. The minimum Gasteiger partial charge on any atom is -0.497 e. The maximum atomic E-state index is 16.1. The number of aromatic nitrogens is 2. The van der Waals surface area contributed by atoms with Gasteiger partial charge in [-0.1, -0.05) is 6.07 Å². The molecule has 9 heteroatoms. The highest BCUT2D eigenvalue weighted by Gasteiger charge is 2.37. The van der Waals surface area contributed by atoms with Gasteiger partial charge in [-0.2, -0.15) is 0 Å². The molecule has 38 heavy (non-hydrogen) atoms. The van der Waals surface area contributed by atoms with E-state index in [0.29, 0.717) is 23.3 Å². The Bertz CT molecular complexity index is 1220. The van der Waals surface area contributed by atoms with Gasteiger partial charge in [0.15, 0.2) is 0 Å². The van der Waals surface area contributed by atoms with Crippen LogP contribution in [0.25, 0.3) is 10.9 Å². The van der Waals surface area contributed by atoms with Crippen molar-refractivity contribution in [3.63, 3.8) is 0 Å². The second kappa shape index (κ2) is 12.8. The van der Waals surface area contributed by atoms with Crippen molar-refractivity contribution in [3.05, 3.63) is 54.4 Å². The summed E-state index contributed by atoms with van der Waals surface area (Å²) in [5.41, 5.74) is 1.63. The number of anilines is 1. The molecule has 0 spiro atoms. The summed E-state index contributed by atoms with van der Waals surface area (Å²) in [7, 11) is 5.36. The summed E-state index contributed by atoms with van der Waals surface area (Å²) in [6, 6.07) is 11.4. The summed E-state index contributed by atoms with van der Waals surface area (Å²) >= 11 is 1.73. The highest BCUT2D eigenvalue weighted by molar-refractivity contribution is 7.99. The number of thioether (sulfide) groups is 1. The number of hydrogen-bond donors (Lipinski definition) is 1. The Hall–Kier alpha value is -2.91. The Morgan fingerprint density at radius 1 is 1.24 bits per heavy atom. The Balaban J connectivity index is 1.44. The first-order chi connectivity index (χ1) is 18.3. The third-order valence-corrected chi connectivity index (χ3v) is 8.48. The van der Waals surface area contributed by atoms with Crippen molar-refractivity contribution in [1.82, 2.24) is 14.9 Å². The molecule has 0 unspecified atom stereocenters. The number of methoxy groups -OCH3 is 1. The zero-order valence-electron chi connectivity index (χ0n) is 22.4. The van der Waals surface area contributed by atoms with Crippen molar-refractivity contribution >= 4 is 34.3 Å². The van der Waals surface area contributed by atoms with E-state index < -0.39 is 17.6 Å². The van der Waals surface area contributed by atoms with Gasteiger partial charge in [-0.25, -0.2) is 9.37 Å². The summed E-state index contributed by atoms with van der Waals surface area (Å²) in [4.78, 5) is 25.0. The molecule has 1 atom stereocenters. The van der Waals surface area contributed by atoms with Crippen molar-refractivity contribution in [3.8, 4) is 5.75 Å². The lowest BCUT2D eigenvalue weighted by atomic mass is 9.71. The molecule has 0 radical (unpaired) electrons. The fourth-order valence-electron chi connectivity index (χ4n) is 5.37. The van der Waals surface area contributed by atoms with Gasteiger partial charge in [-0.05, 0) is 74.5 Å². The highest BCUT2D eigenvalue weighted by atomic mass is 32.2. The van der Waals surface area contributed by atoms with Gasteiger partial charge in [0.05, 0.1) is 36.0 Å². The first-order valence-corrected chi connectivity index (χ1v) is 14.0. The summed E-state index contributed by atoms with van der Waals surface area (Å²) in [5.74, 6) is 0.772. The van der Waals surface area contributed by atoms with Crippen LogP contribution in [0.2, 0.25) is 0 Å². The molecule has 1 fully saturated rings. The van der Waals surface area contributed by atoms with Crippen LogP contribution < -0.4 is 9.64 Å². The number of carboxylic acid groups (broad SMARTS) is 1. The number of aliphatic carboxylic acids is 1. The maximum Gasteiger partial charge on any atom is 0.303 e. The molecule has 0 bridgehead atoms. The van der Waals surface area contributed by atoms with E-state index in [1.54, 1.807) is 31.3 Å². The van der Waals surface area contributed by atoms with Gasteiger partial charge in [0.25, 0.3) is 0 Å². The number of carboxylic acids is 1. The van der Waals surface area contributed by atoms with E-state index in [-0.39, 0.29) is 12.8 Å². The average molecular weight is 541 g/mol. The molecule has 4 rings (SSSR count). The summed E-state index contributed by atoms with van der Waals surface area (Å²) in [5, 5.41) is 11.5. The van der Waals surface area contributed by atoms with E-state index in [1.165, 1.54) is 0 Å². The van der Waals surface area contributed by atoms with Crippen LogP contribution in [0.3, 0.4) is 0 Å².